The highest BCUT2D eigenvalue weighted by molar-refractivity contribution is 7.99. The minimum absolute atomic E-state index is 0.119. The molecule has 32 heavy (non-hydrogen) atoms. The molecule has 0 saturated heterocycles. The molecule has 0 unspecified atom stereocenters. The van der Waals surface area contributed by atoms with Crippen molar-refractivity contribution in [3.63, 3.8) is 0 Å². The Morgan fingerprint density at radius 2 is 2.00 bits per heavy atom. The molecule has 4 atom stereocenters. The van der Waals surface area contributed by atoms with Gasteiger partial charge in [-0.05, 0) is 62.2 Å². The lowest BCUT2D eigenvalue weighted by Gasteiger charge is -2.18. The number of ether oxygens (including phenoxy) is 1. The number of carbonyl (C=O) groups excluding carboxylic acids is 1. The third kappa shape index (κ3) is 9.75. The molecule has 0 amide bonds. The maximum atomic E-state index is 12.4. The fourth-order valence-corrected chi connectivity index (χ4v) is 5.14. The summed E-state index contributed by atoms with van der Waals surface area (Å²) in [6.07, 6.45) is 6.55. The van der Waals surface area contributed by atoms with E-state index in [1.54, 1.807) is 17.8 Å². The van der Waals surface area contributed by atoms with Crippen molar-refractivity contribution in [2.75, 3.05) is 24.7 Å². The van der Waals surface area contributed by atoms with Gasteiger partial charge in [-0.1, -0.05) is 36.4 Å². The number of aliphatic hydroxyl groups excluding tert-OH is 3. The van der Waals surface area contributed by atoms with E-state index in [-0.39, 0.29) is 36.8 Å². The monoisotopic (exact) mass is 464 g/mol. The van der Waals surface area contributed by atoms with Gasteiger partial charge in [0, 0.05) is 31.3 Å². The van der Waals surface area contributed by atoms with Crippen molar-refractivity contribution in [1.29, 1.82) is 0 Å². The minimum Gasteiger partial charge on any atom is -0.396 e. The zero-order valence-corrected chi connectivity index (χ0v) is 20.3. The van der Waals surface area contributed by atoms with Crippen LogP contribution in [0.1, 0.15) is 50.7 Å². The Morgan fingerprint density at radius 1 is 1.22 bits per heavy atom. The molecule has 0 heterocycles. The van der Waals surface area contributed by atoms with Crippen molar-refractivity contribution in [1.82, 2.24) is 0 Å². The lowest BCUT2D eigenvalue weighted by atomic mass is 9.91. The van der Waals surface area contributed by atoms with Gasteiger partial charge in [0.25, 0.3) is 0 Å². The maximum absolute atomic E-state index is 12.4. The van der Waals surface area contributed by atoms with Gasteiger partial charge < -0.3 is 20.1 Å². The SMILES string of the molecule is CC(C)OCCc1cccc(C[C@H](O)/C=C/[C@H]2[C@H](O)CC(=O)[C@@H]2CCSCCCCO)c1. The van der Waals surface area contributed by atoms with Gasteiger partial charge in [-0.25, -0.2) is 0 Å². The number of ketones is 1. The van der Waals surface area contributed by atoms with Gasteiger partial charge in [-0.2, -0.15) is 11.8 Å². The van der Waals surface area contributed by atoms with Crippen LogP contribution in [-0.2, 0) is 22.4 Å². The molecule has 0 bridgehead atoms. The fraction of sp³-hybridized carbons (Fsp3) is 0.654. The van der Waals surface area contributed by atoms with Crippen LogP contribution in [0.4, 0.5) is 0 Å². The molecular weight excluding hydrogens is 424 g/mol. The zero-order valence-electron chi connectivity index (χ0n) is 19.5. The number of hydrogen-bond acceptors (Lipinski definition) is 6. The third-order valence-corrected chi connectivity index (χ3v) is 6.94. The van der Waals surface area contributed by atoms with Crippen molar-refractivity contribution in [3.8, 4) is 0 Å². The van der Waals surface area contributed by atoms with Crippen LogP contribution >= 0.6 is 11.8 Å². The standard InChI is InChI=1S/C26H40O5S/c1-19(2)31-13-10-20-6-5-7-21(16-20)17-22(28)8-9-23-24(26(30)18-25(23)29)11-15-32-14-4-3-12-27/h5-9,16,19,22-25,27-29H,3-4,10-15,17-18H2,1-2H3/b9-8+/t22-,23-,24-,25-/m1/s1. The van der Waals surface area contributed by atoms with E-state index in [0.29, 0.717) is 13.0 Å². The van der Waals surface area contributed by atoms with Crippen LogP contribution in [0.2, 0.25) is 0 Å². The summed E-state index contributed by atoms with van der Waals surface area (Å²) in [6.45, 7) is 4.95. The second kappa shape index (κ2) is 14.9. The molecule has 5 nitrogen and oxygen atoms in total. The first-order valence-electron chi connectivity index (χ1n) is 11.9. The largest absolute Gasteiger partial charge is 0.396 e. The first kappa shape index (κ1) is 27.1. The Bertz CT molecular complexity index is 705. The third-order valence-electron chi connectivity index (χ3n) is 5.84. The lowest BCUT2D eigenvalue weighted by molar-refractivity contribution is -0.121. The summed E-state index contributed by atoms with van der Waals surface area (Å²) in [5.74, 6) is 1.56. The molecule has 180 valence electrons. The lowest BCUT2D eigenvalue weighted by Crippen LogP contribution is -2.20. The van der Waals surface area contributed by atoms with Gasteiger partial charge in [-0.15, -0.1) is 0 Å². The highest BCUT2D eigenvalue weighted by atomic mass is 32.2. The van der Waals surface area contributed by atoms with E-state index in [2.05, 4.69) is 12.1 Å². The van der Waals surface area contributed by atoms with E-state index >= 15 is 0 Å². The molecule has 0 radical (unpaired) electrons. The van der Waals surface area contributed by atoms with Crippen molar-refractivity contribution in [2.45, 2.75) is 70.7 Å². The molecule has 1 aromatic rings. The molecule has 3 N–H and O–H groups in total. The smallest absolute Gasteiger partial charge is 0.139 e. The van der Waals surface area contributed by atoms with Crippen LogP contribution in [0.25, 0.3) is 0 Å². The Morgan fingerprint density at radius 3 is 2.75 bits per heavy atom. The Labute approximate surface area is 197 Å². The van der Waals surface area contributed by atoms with E-state index in [1.807, 2.05) is 32.1 Å². The number of aliphatic hydroxyl groups is 3. The van der Waals surface area contributed by atoms with Crippen LogP contribution in [0.5, 0.6) is 0 Å². The molecule has 1 fully saturated rings. The summed E-state index contributed by atoms with van der Waals surface area (Å²) in [5, 5.41) is 29.7. The van der Waals surface area contributed by atoms with E-state index in [9.17, 15) is 15.0 Å². The fourth-order valence-electron chi connectivity index (χ4n) is 4.11. The number of hydrogen-bond donors (Lipinski definition) is 3. The topological polar surface area (TPSA) is 87.0 Å². The molecule has 1 aliphatic carbocycles. The van der Waals surface area contributed by atoms with Crippen LogP contribution in [0, 0.1) is 11.8 Å². The number of rotatable bonds is 15. The van der Waals surface area contributed by atoms with Gasteiger partial charge in [0.05, 0.1) is 24.9 Å². The van der Waals surface area contributed by atoms with E-state index in [4.69, 9.17) is 9.84 Å². The molecule has 1 aromatic carbocycles. The van der Waals surface area contributed by atoms with Crippen LogP contribution in [0.3, 0.4) is 0 Å². The van der Waals surface area contributed by atoms with Crippen molar-refractivity contribution in [2.24, 2.45) is 11.8 Å². The molecule has 0 aromatic heterocycles. The highest BCUT2D eigenvalue weighted by Gasteiger charge is 2.39. The molecule has 6 heteroatoms. The minimum atomic E-state index is -0.667. The Kier molecular flexibility index (Phi) is 12.6. The number of thioether (sulfide) groups is 1. The summed E-state index contributed by atoms with van der Waals surface area (Å²) >= 11 is 1.79. The first-order valence-corrected chi connectivity index (χ1v) is 13.0. The molecule has 1 aliphatic rings. The van der Waals surface area contributed by atoms with E-state index < -0.39 is 12.2 Å². The summed E-state index contributed by atoms with van der Waals surface area (Å²) < 4.78 is 5.62. The van der Waals surface area contributed by atoms with Crippen LogP contribution in [-0.4, -0.2) is 64.1 Å². The van der Waals surface area contributed by atoms with E-state index in [1.165, 1.54) is 5.56 Å². The van der Waals surface area contributed by atoms with Gasteiger partial charge >= 0.3 is 0 Å². The van der Waals surface area contributed by atoms with Gasteiger partial charge in [0.1, 0.15) is 5.78 Å². The zero-order chi connectivity index (χ0) is 23.3. The Hall–Kier alpha value is -1.18. The van der Waals surface area contributed by atoms with Gasteiger partial charge in [0.15, 0.2) is 0 Å². The van der Waals surface area contributed by atoms with E-state index in [0.717, 1.165) is 42.8 Å². The maximum Gasteiger partial charge on any atom is 0.139 e. The number of unbranched alkanes of at least 4 members (excludes halogenated alkanes) is 1. The average Bonchev–Trinajstić information content (AvgIpc) is 3.01. The number of carbonyl (C=O) groups is 1. The number of benzene rings is 1. The normalized spacial score (nSPS) is 22.3. The predicted octanol–water partition coefficient (Wildman–Crippen LogP) is 3.58. The highest BCUT2D eigenvalue weighted by Crippen LogP contribution is 2.34. The van der Waals surface area contributed by atoms with Crippen molar-refractivity contribution < 1.29 is 24.9 Å². The number of Topliss-reactive ketones (excluding diaryl/α,β-unsaturated/α-hetero) is 1. The van der Waals surface area contributed by atoms with Crippen LogP contribution in [0.15, 0.2) is 36.4 Å². The van der Waals surface area contributed by atoms with Crippen molar-refractivity contribution >= 4 is 17.5 Å². The molecule has 0 spiro atoms. The molecule has 0 aliphatic heterocycles. The predicted molar refractivity (Wildman–Crippen MR) is 131 cm³/mol. The first-order chi connectivity index (χ1) is 15.4. The van der Waals surface area contributed by atoms with Crippen LogP contribution < -0.4 is 0 Å². The quantitative estimate of drug-likeness (QED) is 0.272. The summed E-state index contributed by atoms with van der Waals surface area (Å²) in [5.41, 5.74) is 2.25. The second-order valence-corrected chi connectivity index (χ2v) is 10.1. The molecule has 1 saturated carbocycles. The Balaban J connectivity index is 1.85. The molecule has 2 rings (SSSR count). The van der Waals surface area contributed by atoms with Crippen molar-refractivity contribution in [3.05, 3.63) is 47.5 Å². The summed E-state index contributed by atoms with van der Waals surface area (Å²) in [6, 6.07) is 8.19. The summed E-state index contributed by atoms with van der Waals surface area (Å²) in [4.78, 5) is 12.4. The van der Waals surface area contributed by atoms with Gasteiger partial charge in [-0.3, -0.25) is 4.79 Å². The molecular formula is C26H40O5S. The summed E-state index contributed by atoms with van der Waals surface area (Å²) in [7, 11) is 0. The van der Waals surface area contributed by atoms with Gasteiger partial charge in [0.2, 0.25) is 0 Å². The second-order valence-electron chi connectivity index (χ2n) is 8.90. The average molecular weight is 465 g/mol.